The smallest absolute Gasteiger partial charge is 0.203 e. The van der Waals surface area contributed by atoms with E-state index in [0.717, 1.165) is 6.42 Å². The van der Waals surface area contributed by atoms with Gasteiger partial charge in [-0.1, -0.05) is 0 Å². The van der Waals surface area contributed by atoms with Crippen molar-refractivity contribution in [2.45, 2.75) is 31.7 Å². The molecule has 0 saturated carbocycles. The summed E-state index contributed by atoms with van der Waals surface area (Å²) in [5.74, 6) is 1.53. The van der Waals surface area contributed by atoms with Crippen LogP contribution in [0.15, 0.2) is 12.1 Å². The number of aliphatic hydroxyl groups excluding tert-OH is 1. The number of ether oxygens (including phenoxy) is 5. The maximum absolute atomic E-state index is 10.5. The van der Waals surface area contributed by atoms with Gasteiger partial charge in [0.1, 0.15) is 0 Å². The molecule has 22 heavy (non-hydrogen) atoms. The van der Waals surface area contributed by atoms with Crippen LogP contribution in [-0.2, 0) is 9.47 Å². The van der Waals surface area contributed by atoms with Gasteiger partial charge < -0.3 is 28.8 Å². The molecule has 1 saturated heterocycles. The second-order valence-corrected chi connectivity index (χ2v) is 5.04. The highest BCUT2D eigenvalue weighted by Gasteiger charge is 2.22. The molecule has 1 aliphatic rings. The highest BCUT2D eigenvalue weighted by molar-refractivity contribution is 5.56. The lowest BCUT2D eigenvalue weighted by molar-refractivity contribution is -0.183. The van der Waals surface area contributed by atoms with Gasteiger partial charge in [0, 0.05) is 12.0 Å². The number of hydrogen-bond donors (Lipinski definition) is 1. The summed E-state index contributed by atoms with van der Waals surface area (Å²) in [7, 11) is 4.65. The first kappa shape index (κ1) is 16.9. The highest BCUT2D eigenvalue weighted by atomic mass is 16.7. The third-order valence-corrected chi connectivity index (χ3v) is 3.67. The molecule has 0 unspecified atom stereocenters. The van der Waals surface area contributed by atoms with Gasteiger partial charge in [0.25, 0.3) is 0 Å². The van der Waals surface area contributed by atoms with Crippen molar-refractivity contribution < 1.29 is 28.8 Å². The Kier molecular flexibility index (Phi) is 6.30. The fourth-order valence-corrected chi connectivity index (χ4v) is 2.54. The third kappa shape index (κ3) is 3.82. The highest BCUT2D eigenvalue weighted by Crippen LogP contribution is 2.42. The number of benzene rings is 1. The van der Waals surface area contributed by atoms with E-state index in [1.54, 1.807) is 33.5 Å². The molecule has 0 amide bonds. The van der Waals surface area contributed by atoms with Gasteiger partial charge in [-0.25, -0.2) is 0 Å². The third-order valence-electron chi connectivity index (χ3n) is 3.67. The minimum absolute atomic E-state index is 0.241. The minimum Gasteiger partial charge on any atom is -0.493 e. The molecule has 2 rings (SSSR count). The summed E-state index contributed by atoms with van der Waals surface area (Å²) < 4.78 is 27.0. The van der Waals surface area contributed by atoms with Crippen molar-refractivity contribution in [3.8, 4) is 17.2 Å². The molecular weight excluding hydrogens is 288 g/mol. The fraction of sp³-hybridized carbons (Fsp3) is 0.625. The standard InChI is InChI=1S/C16H24O6/c1-18-13-7-5-11(15(19-2)16(13)20-3)12(17)6-8-14-21-9-4-10-22-14/h5,7,12,14,17H,4,6,8-10H2,1-3H3/t12-/m0/s1. The summed E-state index contributed by atoms with van der Waals surface area (Å²) in [6, 6.07) is 3.54. The van der Waals surface area contributed by atoms with E-state index in [0.29, 0.717) is 48.9 Å². The van der Waals surface area contributed by atoms with Crippen LogP contribution in [0.1, 0.15) is 30.9 Å². The van der Waals surface area contributed by atoms with Crippen LogP contribution in [0.4, 0.5) is 0 Å². The van der Waals surface area contributed by atoms with Crippen molar-refractivity contribution in [1.29, 1.82) is 0 Å². The quantitative estimate of drug-likeness (QED) is 0.833. The summed E-state index contributed by atoms with van der Waals surface area (Å²) >= 11 is 0. The Labute approximate surface area is 130 Å². The molecule has 1 aliphatic heterocycles. The van der Waals surface area contributed by atoms with Gasteiger partial charge in [0.05, 0.1) is 40.6 Å². The summed E-state index contributed by atoms with van der Waals surface area (Å²) in [5, 5.41) is 10.5. The number of rotatable bonds is 7. The lowest BCUT2D eigenvalue weighted by atomic mass is 10.0. The fourth-order valence-electron chi connectivity index (χ4n) is 2.54. The maximum atomic E-state index is 10.5. The molecule has 0 bridgehead atoms. The molecule has 0 aliphatic carbocycles. The first-order chi connectivity index (χ1) is 10.7. The van der Waals surface area contributed by atoms with Crippen molar-refractivity contribution in [1.82, 2.24) is 0 Å². The molecule has 6 nitrogen and oxygen atoms in total. The van der Waals surface area contributed by atoms with E-state index in [9.17, 15) is 5.11 Å². The second-order valence-electron chi connectivity index (χ2n) is 5.04. The van der Waals surface area contributed by atoms with Crippen LogP contribution in [0, 0.1) is 0 Å². The number of aliphatic hydroxyl groups is 1. The molecule has 0 spiro atoms. The molecular formula is C16H24O6. The largest absolute Gasteiger partial charge is 0.493 e. The topological polar surface area (TPSA) is 66.4 Å². The molecule has 124 valence electrons. The molecule has 1 aromatic carbocycles. The van der Waals surface area contributed by atoms with Crippen molar-refractivity contribution in [3.63, 3.8) is 0 Å². The van der Waals surface area contributed by atoms with Crippen LogP contribution >= 0.6 is 0 Å². The SMILES string of the molecule is COc1ccc([C@@H](O)CCC2OCCCO2)c(OC)c1OC. The summed E-state index contributed by atoms with van der Waals surface area (Å²) in [6.07, 6.45) is 1.12. The van der Waals surface area contributed by atoms with Gasteiger partial charge in [-0.05, 0) is 25.0 Å². The predicted octanol–water partition coefficient (Wildman–Crippen LogP) is 2.29. The Morgan fingerprint density at radius 3 is 2.36 bits per heavy atom. The first-order valence-corrected chi connectivity index (χ1v) is 7.41. The van der Waals surface area contributed by atoms with Crippen LogP contribution in [0.25, 0.3) is 0 Å². The van der Waals surface area contributed by atoms with Gasteiger partial charge >= 0.3 is 0 Å². The summed E-state index contributed by atoms with van der Waals surface area (Å²) in [4.78, 5) is 0. The van der Waals surface area contributed by atoms with E-state index in [1.165, 1.54) is 0 Å². The van der Waals surface area contributed by atoms with Gasteiger partial charge in [-0.3, -0.25) is 0 Å². The Morgan fingerprint density at radius 1 is 1.09 bits per heavy atom. The van der Waals surface area contributed by atoms with Crippen LogP contribution in [0.3, 0.4) is 0 Å². The maximum Gasteiger partial charge on any atom is 0.203 e. The first-order valence-electron chi connectivity index (χ1n) is 7.41. The number of hydrogen-bond acceptors (Lipinski definition) is 6. The zero-order valence-electron chi connectivity index (χ0n) is 13.3. The van der Waals surface area contributed by atoms with E-state index in [-0.39, 0.29) is 6.29 Å². The molecule has 1 N–H and O–H groups in total. The van der Waals surface area contributed by atoms with E-state index >= 15 is 0 Å². The summed E-state index contributed by atoms with van der Waals surface area (Å²) in [6.45, 7) is 1.42. The van der Waals surface area contributed by atoms with Crippen molar-refractivity contribution in [2.24, 2.45) is 0 Å². The summed E-state index contributed by atoms with van der Waals surface area (Å²) in [5.41, 5.74) is 0.663. The lowest BCUT2D eigenvalue weighted by Crippen LogP contribution is -2.25. The van der Waals surface area contributed by atoms with Crippen LogP contribution in [0.2, 0.25) is 0 Å². The van der Waals surface area contributed by atoms with Gasteiger partial charge in [-0.15, -0.1) is 0 Å². The monoisotopic (exact) mass is 312 g/mol. The van der Waals surface area contributed by atoms with Crippen molar-refractivity contribution in [3.05, 3.63) is 17.7 Å². The zero-order chi connectivity index (χ0) is 15.9. The van der Waals surface area contributed by atoms with Gasteiger partial charge in [0.2, 0.25) is 5.75 Å². The van der Waals surface area contributed by atoms with Crippen molar-refractivity contribution >= 4 is 0 Å². The lowest BCUT2D eigenvalue weighted by Gasteiger charge is -2.24. The molecule has 1 heterocycles. The second kappa shape index (κ2) is 8.22. The van der Waals surface area contributed by atoms with Crippen LogP contribution in [-0.4, -0.2) is 45.9 Å². The van der Waals surface area contributed by atoms with E-state index < -0.39 is 6.10 Å². The van der Waals surface area contributed by atoms with Crippen molar-refractivity contribution in [2.75, 3.05) is 34.5 Å². The van der Waals surface area contributed by atoms with E-state index in [2.05, 4.69) is 0 Å². The average Bonchev–Trinajstić information content (AvgIpc) is 2.58. The molecule has 6 heteroatoms. The van der Waals surface area contributed by atoms with Crippen LogP contribution in [0.5, 0.6) is 17.2 Å². The van der Waals surface area contributed by atoms with E-state index in [4.69, 9.17) is 23.7 Å². The van der Waals surface area contributed by atoms with Gasteiger partial charge in [0.15, 0.2) is 17.8 Å². The molecule has 1 atom stereocenters. The molecule has 0 radical (unpaired) electrons. The Bertz CT molecular complexity index is 470. The Hall–Kier alpha value is -1.50. The number of methoxy groups -OCH3 is 3. The normalized spacial score (nSPS) is 17.1. The molecule has 0 aromatic heterocycles. The molecule has 1 fully saturated rings. The zero-order valence-corrected chi connectivity index (χ0v) is 13.3. The van der Waals surface area contributed by atoms with Crippen LogP contribution < -0.4 is 14.2 Å². The Balaban J connectivity index is 2.09. The molecule has 1 aromatic rings. The minimum atomic E-state index is -0.691. The predicted molar refractivity (Wildman–Crippen MR) is 80.6 cm³/mol. The Morgan fingerprint density at radius 2 is 1.77 bits per heavy atom. The van der Waals surface area contributed by atoms with E-state index in [1.807, 2.05) is 0 Å². The van der Waals surface area contributed by atoms with Gasteiger partial charge in [-0.2, -0.15) is 0 Å². The average molecular weight is 312 g/mol.